The van der Waals surface area contributed by atoms with E-state index in [4.69, 9.17) is 0 Å². The number of hydrogen-bond acceptors (Lipinski definition) is 3. The molecule has 0 saturated carbocycles. The van der Waals surface area contributed by atoms with E-state index >= 15 is 0 Å². The van der Waals surface area contributed by atoms with Crippen LogP contribution in [-0.4, -0.2) is 41.6 Å². The lowest BCUT2D eigenvalue weighted by Crippen LogP contribution is -2.49. The molecular formula is C22H18BrFN4O. The molecule has 0 aliphatic carbocycles. The number of anilines is 1. The molecular weight excluding hydrogens is 435 g/mol. The van der Waals surface area contributed by atoms with Crippen molar-refractivity contribution >= 4 is 27.5 Å². The van der Waals surface area contributed by atoms with Gasteiger partial charge in [-0.1, -0.05) is 34.1 Å². The Morgan fingerprint density at radius 2 is 1.79 bits per heavy atom. The van der Waals surface area contributed by atoms with Gasteiger partial charge in [0.05, 0.1) is 11.3 Å². The fraction of sp³-hybridized carbons (Fsp3) is 0.182. The molecule has 3 aromatic rings. The first kappa shape index (κ1) is 19.2. The van der Waals surface area contributed by atoms with Crippen molar-refractivity contribution in [1.29, 1.82) is 5.26 Å². The third kappa shape index (κ3) is 3.76. The molecule has 1 fully saturated rings. The molecule has 0 radical (unpaired) electrons. The third-order valence-electron chi connectivity index (χ3n) is 5.06. The van der Waals surface area contributed by atoms with Crippen molar-refractivity contribution in [2.45, 2.75) is 0 Å². The summed E-state index contributed by atoms with van der Waals surface area (Å²) in [5, 5.41) is 9.51. The van der Waals surface area contributed by atoms with Crippen molar-refractivity contribution in [3.63, 3.8) is 0 Å². The summed E-state index contributed by atoms with van der Waals surface area (Å²) in [7, 11) is 0. The van der Waals surface area contributed by atoms with E-state index in [-0.39, 0.29) is 11.7 Å². The van der Waals surface area contributed by atoms with Gasteiger partial charge < -0.3 is 14.4 Å². The second kappa shape index (κ2) is 8.10. The highest BCUT2D eigenvalue weighted by atomic mass is 79.9. The zero-order valence-electron chi connectivity index (χ0n) is 15.6. The smallest absolute Gasteiger partial charge is 0.272 e. The first-order chi connectivity index (χ1) is 14.1. The van der Waals surface area contributed by atoms with Crippen LogP contribution in [0, 0.1) is 17.1 Å². The lowest BCUT2D eigenvalue weighted by Gasteiger charge is -2.36. The summed E-state index contributed by atoms with van der Waals surface area (Å²) in [6, 6.07) is 18.0. The monoisotopic (exact) mass is 452 g/mol. The highest BCUT2D eigenvalue weighted by Crippen LogP contribution is 2.24. The average molecular weight is 453 g/mol. The summed E-state index contributed by atoms with van der Waals surface area (Å²) in [6.07, 6.45) is 1.74. The van der Waals surface area contributed by atoms with Crippen LogP contribution in [-0.2, 0) is 0 Å². The summed E-state index contributed by atoms with van der Waals surface area (Å²) in [5.41, 5.74) is 2.04. The molecule has 5 nitrogen and oxygen atoms in total. The molecule has 146 valence electrons. The lowest BCUT2D eigenvalue weighted by atomic mass is 10.2. The number of para-hydroxylation sites is 1. The number of aromatic nitrogens is 1. The van der Waals surface area contributed by atoms with E-state index in [1.54, 1.807) is 39.9 Å². The van der Waals surface area contributed by atoms with Gasteiger partial charge in [0.2, 0.25) is 0 Å². The SMILES string of the molecule is N#Cc1ccn(-c2cccc(Br)c2)c1C(=O)N1CCN(c2ccccc2F)CC1. The topological polar surface area (TPSA) is 52.3 Å². The summed E-state index contributed by atoms with van der Waals surface area (Å²) in [6.45, 7) is 1.99. The maximum Gasteiger partial charge on any atom is 0.272 e. The molecule has 0 bridgehead atoms. The maximum absolute atomic E-state index is 14.1. The van der Waals surface area contributed by atoms with Gasteiger partial charge in [0.25, 0.3) is 5.91 Å². The number of rotatable bonds is 3. The van der Waals surface area contributed by atoms with E-state index in [2.05, 4.69) is 22.0 Å². The maximum atomic E-state index is 14.1. The Morgan fingerprint density at radius 1 is 1.03 bits per heavy atom. The minimum Gasteiger partial charge on any atom is -0.366 e. The molecule has 2 heterocycles. The second-order valence-corrected chi connectivity index (χ2v) is 7.69. The van der Waals surface area contributed by atoms with Crippen LogP contribution in [0.3, 0.4) is 0 Å². The Balaban J connectivity index is 1.57. The van der Waals surface area contributed by atoms with Crippen LogP contribution in [0.15, 0.2) is 65.3 Å². The van der Waals surface area contributed by atoms with E-state index in [9.17, 15) is 14.4 Å². The van der Waals surface area contributed by atoms with E-state index in [1.807, 2.05) is 29.2 Å². The van der Waals surface area contributed by atoms with Crippen molar-refractivity contribution in [2.75, 3.05) is 31.1 Å². The molecule has 1 amide bonds. The number of carbonyl (C=O) groups excluding carboxylic acids is 1. The Hall–Kier alpha value is -3.11. The van der Waals surface area contributed by atoms with Gasteiger partial charge in [-0.15, -0.1) is 0 Å². The molecule has 1 aliphatic rings. The molecule has 4 rings (SSSR count). The van der Waals surface area contributed by atoms with E-state index in [0.29, 0.717) is 43.1 Å². The van der Waals surface area contributed by atoms with Crippen molar-refractivity contribution in [3.05, 3.63) is 82.3 Å². The van der Waals surface area contributed by atoms with Gasteiger partial charge in [-0.05, 0) is 36.4 Å². The number of piperazine rings is 1. The van der Waals surface area contributed by atoms with Crippen LogP contribution in [0.2, 0.25) is 0 Å². The molecule has 29 heavy (non-hydrogen) atoms. The first-order valence-electron chi connectivity index (χ1n) is 9.24. The van der Waals surface area contributed by atoms with Crippen LogP contribution < -0.4 is 4.90 Å². The normalized spacial score (nSPS) is 14.0. The Labute approximate surface area is 176 Å². The Morgan fingerprint density at radius 3 is 2.48 bits per heavy atom. The predicted octanol–water partition coefficient (Wildman–Crippen LogP) is 4.21. The zero-order valence-corrected chi connectivity index (χ0v) is 17.1. The number of carbonyl (C=O) groups is 1. The van der Waals surface area contributed by atoms with Gasteiger partial charge >= 0.3 is 0 Å². The fourth-order valence-electron chi connectivity index (χ4n) is 3.59. The van der Waals surface area contributed by atoms with E-state index in [0.717, 1.165) is 10.2 Å². The molecule has 7 heteroatoms. The van der Waals surface area contributed by atoms with Crippen molar-refractivity contribution in [3.8, 4) is 11.8 Å². The largest absolute Gasteiger partial charge is 0.366 e. The molecule has 0 spiro atoms. The van der Waals surface area contributed by atoms with Crippen LogP contribution >= 0.6 is 15.9 Å². The quantitative estimate of drug-likeness (QED) is 0.597. The summed E-state index contributed by atoms with van der Waals surface area (Å²) in [4.78, 5) is 16.9. The highest BCUT2D eigenvalue weighted by Gasteiger charge is 2.27. The first-order valence-corrected chi connectivity index (χ1v) is 10.0. The van der Waals surface area contributed by atoms with Crippen molar-refractivity contribution in [2.24, 2.45) is 0 Å². The molecule has 2 aromatic carbocycles. The van der Waals surface area contributed by atoms with Gasteiger partial charge in [0, 0.05) is 42.5 Å². The van der Waals surface area contributed by atoms with Crippen LogP contribution in [0.1, 0.15) is 16.1 Å². The van der Waals surface area contributed by atoms with Crippen LogP contribution in [0.25, 0.3) is 5.69 Å². The van der Waals surface area contributed by atoms with Crippen LogP contribution in [0.4, 0.5) is 10.1 Å². The zero-order chi connectivity index (χ0) is 20.4. The van der Waals surface area contributed by atoms with Crippen molar-refractivity contribution < 1.29 is 9.18 Å². The van der Waals surface area contributed by atoms with E-state index < -0.39 is 0 Å². The molecule has 0 atom stereocenters. The summed E-state index contributed by atoms with van der Waals surface area (Å²) >= 11 is 3.45. The van der Waals surface area contributed by atoms with Crippen LogP contribution in [0.5, 0.6) is 0 Å². The molecule has 1 saturated heterocycles. The number of halogens is 2. The van der Waals surface area contributed by atoms with Gasteiger partial charge in [-0.3, -0.25) is 4.79 Å². The highest BCUT2D eigenvalue weighted by molar-refractivity contribution is 9.10. The van der Waals surface area contributed by atoms with E-state index in [1.165, 1.54) is 6.07 Å². The van der Waals surface area contributed by atoms with Crippen molar-refractivity contribution in [1.82, 2.24) is 9.47 Å². The molecule has 0 N–H and O–H groups in total. The predicted molar refractivity (Wildman–Crippen MR) is 113 cm³/mol. The average Bonchev–Trinajstić information content (AvgIpc) is 3.18. The number of hydrogen-bond donors (Lipinski definition) is 0. The van der Waals surface area contributed by atoms with Gasteiger partial charge in [-0.25, -0.2) is 4.39 Å². The lowest BCUT2D eigenvalue weighted by molar-refractivity contribution is 0.0738. The number of amides is 1. The Bertz CT molecular complexity index is 1100. The standard InChI is InChI=1S/C22H18BrFN4O/c23-17-4-3-5-18(14-17)28-9-8-16(15-25)21(28)22(29)27-12-10-26(11-13-27)20-7-2-1-6-19(20)24/h1-9,14H,10-13H2. The summed E-state index contributed by atoms with van der Waals surface area (Å²) in [5.74, 6) is -0.456. The molecule has 1 aliphatic heterocycles. The minimum absolute atomic E-state index is 0.195. The number of benzene rings is 2. The minimum atomic E-state index is -0.262. The second-order valence-electron chi connectivity index (χ2n) is 6.77. The molecule has 1 aromatic heterocycles. The third-order valence-corrected chi connectivity index (χ3v) is 5.55. The molecule has 0 unspecified atom stereocenters. The van der Waals surface area contributed by atoms with Gasteiger partial charge in [0.15, 0.2) is 0 Å². The van der Waals surface area contributed by atoms with Gasteiger partial charge in [0.1, 0.15) is 17.6 Å². The fourth-order valence-corrected chi connectivity index (χ4v) is 3.98. The number of nitriles is 1. The Kier molecular flexibility index (Phi) is 5.36. The summed E-state index contributed by atoms with van der Waals surface area (Å²) < 4.78 is 16.7. The number of nitrogens with zero attached hydrogens (tertiary/aromatic N) is 4. The van der Waals surface area contributed by atoms with Gasteiger partial charge in [-0.2, -0.15) is 5.26 Å².